The summed E-state index contributed by atoms with van der Waals surface area (Å²) in [6.07, 6.45) is 4.68. The number of hydrogen-bond acceptors (Lipinski definition) is 0. The number of hydrogen-bond donors (Lipinski definition) is 0. The third kappa shape index (κ3) is 3.13. The zero-order valence-electron chi connectivity index (χ0n) is 8.06. The van der Waals surface area contributed by atoms with Crippen LogP contribution in [0.3, 0.4) is 0 Å². The van der Waals surface area contributed by atoms with E-state index in [9.17, 15) is 5.25 Å². The van der Waals surface area contributed by atoms with Gasteiger partial charge in [-0.05, 0) is 24.0 Å². The molecule has 0 bridgehead atoms. The molecule has 0 amide bonds. The van der Waals surface area contributed by atoms with E-state index in [1.807, 2.05) is 0 Å². The normalized spacial score (nSPS) is 12.4. The first kappa shape index (κ1) is 11.8. The van der Waals surface area contributed by atoms with Crippen molar-refractivity contribution in [1.82, 2.24) is 0 Å². The van der Waals surface area contributed by atoms with Crippen molar-refractivity contribution < 1.29 is 29.7 Å². The Kier molecular flexibility index (Phi) is 5.25. The second-order valence-electron chi connectivity index (χ2n) is 3.10. The van der Waals surface area contributed by atoms with Crippen molar-refractivity contribution in [2.75, 3.05) is 0 Å². The van der Waals surface area contributed by atoms with Crippen LogP contribution in [-0.4, -0.2) is 0 Å². The molecule has 0 nitrogen and oxygen atoms in total. The molecule has 2 rings (SSSR count). The van der Waals surface area contributed by atoms with Crippen LogP contribution in [0.1, 0.15) is 24.5 Å². The molecule has 3 heteroatoms. The van der Waals surface area contributed by atoms with Crippen molar-refractivity contribution >= 4 is 6.08 Å². The third-order valence-corrected chi connectivity index (χ3v) is 2.29. The molecule has 0 spiro atoms. The second kappa shape index (κ2) is 6.24. The van der Waals surface area contributed by atoms with Crippen LogP contribution in [0.5, 0.6) is 0 Å². The van der Waals surface area contributed by atoms with E-state index in [0.29, 0.717) is 0 Å². The molecule has 0 heterocycles. The standard InChI is InChI=1S/C11H12.2FH.Zr/c1-2-9-7-10-5-3-4-6-11(10)8-9;;;/h3-7H,2,8H2,1H3;2*1H;/q;;;+2/p-2. The Balaban J connectivity index is 0.000000293. The van der Waals surface area contributed by atoms with E-state index in [1.165, 1.54) is 24.0 Å². The van der Waals surface area contributed by atoms with E-state index in [-0.39, 0.29) is 0 Å². The minimum atomic E-state index is -2.77. The first-order valence-corrected chi connectivity index (χ1v) is 6.41. The van der Waals surface area contributed by atoms with Crippen molar-refractivity contribution in [2.24, 2.45) is 0 Å². The Bertz CT molecular complexity index is 321. The molecular weight excluding hydrogens is 261 g/mol. The summed E-state index contributed by atoms with van der Waals surface area (Å²) in [4.78, 5) is 0. The summed E-state index contributed by atoms with van der Waals surface area (Å²) in [5, 5.41) is 0. The zero-order chi connectivity index (χ0) is 10.4. The molecule has 0 atom stereocenters. The fourth-order valence-corrected chi connectivity index (χ4v) is 1.58. The van der Waals surface area contributed by atoms with Crippen LogP contribution in [0.25, 0.3) is 6.08 Å². The van der Waals surface area contributed by atoms with Crippen molar-refractivity contribution in [3.63, 3.8) is 0 Å². The summed E-state index contributed by atoms with van der Waals surface area (Å²) in [5.74, 6) is 0. The molecule has 1 aliphatic carbocycles. The van der Waals surface area contributed by atoms with Crippen LogP contribution < -0.4 is 0 Å². The number of halogens is 2. The van der Waals surface area contributed by atoms with Gasteiger partial charge in [-0.1, -0.05) is 42.8 Å². The van der Waals surface area contributed by atoms with Gasteiger partial charge in [-0.25, -0.2) is 0 Å². The average Bonchev–Trinajstić information content (AvgIpc) is 2.61. The molecule has 0 unspecified atom stereocenters. The monoisotopic (exact) mass is 272 g/mol. The molecule has 0 radical (unpaired) electrons. The molecule has 1 aliphatic rings. The fourth-order valence-electron chi connectivity index (χ4n) is 1.58. The first-order chi connectivity index (χ1) is 6.81. The molecule has 0 aromatic heterocycles. The molecule has 0 aliphatic heterocycles. The SMILES string of the molecule is CCC1=Cc2ccccc2C1.[F][Zr][F]. The third-order valence-electron chi connectivity index (χ3n) is 2.29. The average molecular weight is 273 g/mol. The van der Waals surface area contributed by atoms with Gasteiger partial charge in [-0.15, -0.1) is 0 Å². The van der Waals surface area contributed by atoms with Crippen LogP contribution in [-0.2, 0) is 30.9 Å². The van der Waals surface area contributed by atoms with E-state index in [0.717, 1.165) is 0 Å². The molecule has 0 saturated carbocycles. The fraction of sp³-hybridized carbons (Fsp3) is 0.273. The van der Waals surface area contributed by atoms with Gasteiger partial charge in [0.1, 0.15) is 0 Å². The van der Waals surface area contributed by atoms with Crippen LogP contribution in [0.15, 0.2) is 29.8 Å². The Hall–Kier alpha value is -0.297. The van der Waals surface area contributed by atoms with Crippen molar-refractivity contribution in [2.45, 2.75) is 19.8 Å². The predicted octanol–water partition coefficient (Wildman–Crippen LogP) is 3.87. The summed E-state index contributed by atoms with van der Waals surface area (Å²) in [5.41, 5.74) is 4.47. The molecule has 14 heavy (non-hydrogen) atoms. The Morgan fingerprint density at radius 2 is 1.93 bits per heavy atom. The van der Waals surface area contributed by atoms with E-state index in [1.54, 1.807) is 5.57 Å². The molecule has 0 N–H and O–H groups in total. The molecule has 74 valence electrons. The van der Waals surface area contributed by atoms with Crippen LogP contribution in [0.2, 0.25) is 0 Å². The first-order valence-electron chi connectivity index (χ1n) is 4.55. The van der Waals surface area contributed by atoms with Gasteiger partial charge >= 0.3 is 29.7 Å². The van der Waals surface area contributed by atoms with Gasteiger partial charge in [0.2, 0.25) is 0 Å². The van der Waals surface area contributed by atoms with Crippen LogP contribution in [0, 0.1) is 0 Å². The second-order valence-corrected chi connectivity index (χ2v) is 3.45. The van der Waals surface area contributed by atoms with Gasteiger partial charge in [-0.2, -0.15) is 0 Å². The maximum atomic E-state index is 9.80. The van der Waals surface area contributed by atoms with Gasteiger partial charge in [0.05, 0.1) is 0 Å². The molecule has 0 fully saturated rings. The van der Waals surface area contributed by atoms with Gasteiger partial charge in [0, 0.05) is 0 Å². The van der Waals surface area contributed by atoms with E-state index < -0.39 is 24.5 Å². The van der Waals surface area contributed by atoms with Crippen LogP contribution in [0.4, 0.5) is 5.25 Å². The molecular formula is C11H12F2Zr. The summed E-state index contributed by atoms with van der Waals surface area (Å²) in [6, 6.07) is 8.63. The predicted molar refractivity (Wildman–Crippen MR) is 50.6 cm³/mol. The number of allylic oxidation sites excluding steroid dienone is 1. The van der Waals surface area contributed by atoms with Gasteiger partial charge in [0.15, 0.2) is 0 Å². The van der Waals surface area contributed by atoms with E-state index in [2.05, 4.69) is 37.3 Å². The molecule has 1 aromatic rings. The van der Waals surface area contributed by atoms with Gasteiger partial charge < -0.3 is 0 Å². The Morgan fingerprint density at radius 1 is 1.29 bits per heavy atom. The molecule has 1 aromatic carbocycles. The van der Waals surface area contributed by atoms with Crippen molar-refractivity contribution in [3.8, 4) is 0 Å². The maximum absolute atomic E-state index is 9.80. The van der Waals surface area contributed by atoms with E-state index in [4.69, 9.17) is 0 Å². The Morgan fingerprint density at radius 3 is 2.50 bits per heavy atom. The quantitative estimate of drug-likeness (QED) is 0.728. The minimum absolute atomic E-state index is 1.17. The number of rotatable bonds is 1. The Labute approximate surface area is 96.4 Å². The van der Waals surface area contributed by atoms with E-state index >= 15 is 0 Å². The summed E-state index contributed by atoms with van der Waals surface area (Å²) >= 11 is -2.77. The van der Waals surface area contributed by atoms with Crippen LogP contribution >= 0.6 is 0 Å². The van der Waals surface area contributed by atoms with Gasteiger partial charge in [-0.3, -0.25) is 0 Å². The summed E-state index contributed by atoms with van der Waals surface area (Å²) in [6.45, 7) is 2.22. The van der Waals surface area contributed by atoms with Crippen molar-refractivity contribution in [1.29, 1.82) is 0 Å². The summed E-state index contributed by atoms with van der Waals surface area (Å²) in [7, 11) is 0. The zero-order valence-corrected chi connectivity index (χ0v) is 10.5. The number of fused-ring (bicyclic) bond motifs is 1. The van der Waals surface area contributed by atoms with Gasteiger partial charge in [0.25, 0.3) is 0 Å². The number of benzene rings is 1. The van der Waals surface area contributed by atoms with Crippen molar-refractivity contribution in [3.05, 3.63) is 41.0 Å². The topological polar surface area (TPSA) is 0 Å². The molecule has 0 saturated heterocycles. The summed E-state index contributed by atoms with van der Waals surface area (Å²) < 4.78 is 19.6.